The molecule has 1 amide bonds. The van der Waals surface area contributed by atoms with Crippen molar-refractivity contribution in [2.24, 2.45) is 0 Å². The Kier molecular flexibility index (Phi) is 3.82. The Balaban J connectivity index is 1.87. The van der Waals surface area contributed by atoms with Crippen LogP contribution in [0.25, 0.3) is 0 Å². The zero-order chi connectivity index (χ0) is 15.7. The van der Waals surface area contributed by atoms with Gasteiger partial charge in [0.2, 0.25) is 0 Å². The van der Waals surface area contributed by atoms with Gasteiger partial charge >= 0.3 is 0 Å². The summed E-state index contributed by atoms with van der Waals surface area (Å²) in [5.41, 5.74) is 2.21. The lowest BCUT2D eigenvalue weighted by atomic mass is 10.0. The molecule has 1 unspecified atom stereocenters. The minimum atomic E-state index is -0.557. The van der Waals surface area contributed by atoms with Crippen LogP contribution in [0.2, 0.25) is 0 Å². The predicted octanol–water partition coefficient (Wildman–Crippen LogP) is 2.72. The van der Waals surface area contributed by atoms with Crippen LogP contribution in [-0.4, -0.2) is 29.4 Å². The molecule has 1 atom stereocenters. The number of ether oxygens (including phenoxy) is 1. The number of benzene rings is 1. The van der Waals surface area contributed by atoms with Crippen LogP contribution >= 0.6 is 11.3 Å². The summed E-state index contributed by atoms with van der Waals surface area (Å²) in [7, 11) is 1.53. The summed E-state index contributed by atoms with van der Waals surface area (Å²) in [5.74, 6) is 0.377. The van der Waals surface area contributed by atoms with Crippen LogP contribution in [0.1, 0.15) is 32.7 Å². The third-order valence-corrected chi connectivity index (χ3v) is 4.74. The average molecular weight is 313 g/mol. The van der Waals surface area contributed by atoms with Crippen LogP contribution in [0.5, 0.6) is 5.75 Å². The molecule has 0 saturated heterocycles. The Labute approximate surface area is 132 Å². The second-order valence-electron chi connectivity index (χ2n) is 5.09. The zero-order valence-electron chi connectivity index (χ0n) is 12.4. The maximum Gasteiger partial charge on any atom is 0.259 e. The molecule has 2 heterocycles. The molecule has 2 aromatic rings. The van der Waals surface area contributed by atoms with Gasteiger partial charge < -0.3 is 9.64 Å². The fourth-order valence-electron chi connectivity index (χ4n) is 2.71. The minimum absolute atomic E-state index is 0.146. The number of aryl methyl sites for hydroxylation is 1. The van der Waals surface area contributed by atoms with Gasteiger partial charge in [0, 0.05) is 29.6 Å². The summed E-state index contributed by atoms with van der Waals surface area (Å²) in [5, 5.41) is 12.4. The largest absolute Gasteiger partial charge is 0.496 e. The maximum atomic E-state index is 12.7. The summed E-state index contributed by atoms with van der Waals surface area (Å²) < 4.78 is 5.27. The van der Waals surface area contributed by atoms with Crippen molar-refractivity contribution in [1.29, 1.82) is 5.26 Å². The Bertz CT molecular complexity index is 763. The first-order valence-electron chi connectivity index (χ1n) is 6.94. The number of hydrogen-bond donors (Lipinski definition) is 0. The van der Waals surface area contributed by atoms with Crippen LogP contribution in [-0.2, 0) is 6.42 Å². The van der Waals surface area contributed by atoms with E-state index >= 15 is 0 Å². The highest BCUT2D eigenvalue weighted by molar-refractivity contribution is 7.09. The number of methoxy groups -OCH3 is 1. The standard InChI is InChI=1S/C16H15N3O2S/c1-10-9-22-14(18-10)6-7-19-12(8-17)11-4-3-5-13(21-2)15(11)16(19)20/h3-5,9,12H,6-7H2,1-2H3. The third kappa shape index (κ3) is 2.34. The van der Waals surface area contributed by atoms with Gasteiger partial charge in [0.25, 0.3) is 5.91 Å². The Morgan fingerprint density at radius 1 is 1.50 bits per heavy atom. The summed E-state index contributed by atoms with van der Waals surface area (Å²) in [6, 6.07) is 7.04. The summed E-state index contributed by atoms with van der Waals surface area (Å²) in [6.07, 6.45) is 0.652. The fraction of sp³-hybridized carbons (Fsp3) is 0.312. The number of nitrogens with zero attached hydrogens (tertiary/aromatic N) is 3. The van der Waals surface area contributed by atoms with E-state index in [9.17, 15) is 10.1 Å². The number of thiazole rings is 1. The molecule has 0 radical (unpaired) electrons. The second-order valence-corrected chi connectivity index (χ2v) is 6.03. The van der Waals surface area contributed by atoms with Crippen molar-refractivity contribution in [1.82, 2.24) is 9.88 Å². The molecule has 0 bridgehead atoms. The van der Waals surface area contributed by atoms with Gasteiger partial charge in [-0.3, -0.25) is 4.79 Å². The Morgan fingerprint density at radius 2 is 2.32 bits per heavy atom. The molecule has 6 heteroatoms. The van der Waals surface area contributed by atoms with Crippen molar-refractivity contribution in [3.05, 3.63) is 45.4 Å². The highest BCUT2D eigenvalue weighted by atomic mass is 32.1. The topological polar surface area (TPSA) is 66.2 Å². The Morgan fingerprint density at radius 3 is 2.95 bits per heavy atom. The number of carbonyl (C=O) groups is 1. The molecular weight excluding hydrogens is 298 g/mol. The molecule has 1 aliphatic heterocycles. The van der Waals surface area contributed by atoms with Gasteiger partial charge in [0.15, 0.2) is 0 Å². The predicted molar refractivity (Wildman–Crippen MR) is 82.9 cm³/mol. The molecule has 1 aromatic heterocycles. The van der Waals surface area contributed by atoms with Crippen LogP contribution < -0.4 is 4.74 Å². The highest BCUT2D eigenvalue weighted by Gasteiger charge is 2.38. The molecule has 0 N–H and O–H groups in total. The smallest absolute Gasteiger partial charge is 0.259 e. The summed E-state index contributed by atoms with van der Waals surface area (Å²) in [6.45, 7) is 2.42. The third-order valence-electron chi connectivity index (χ3n) is 3.71. The molecular formula is C16H15N3O2S. The lowest BCUT2D eigenvalue weighted by molar-refractivity contribution is 0.0757. The first kappa shape index (κ1) is 14.5. The quantitative estimate of drug-likeness (QED) is 0.870. The molecule has 3 rings (SSSR count). The van der Waals surface area contributed by atoms with E-state index in [0.717, 1.165) is 16.3 Å². The molecule has 0 saturated carbocycles. The molecule has 1 aliphatic rings. The molecule has 5 nitrogen and oxygen atoms in total. The first-order chi connectivity index (χ1) is 10.7. The highest BCUT2D eigenvalue weighted by Crippen LogP contribution is 2.38. The summed E-state index contributed by atoms with van der Waals surface area (Å²) >= 11 is 1.58. The molecule has 0 aliphatic carbocycles. The maximum absolute atomic E-state index is 12.7. The van der Waals surface area contributed by atoms with Crippen molar-refractivity contribution in [2.75, 3.05) is 13.7 Å². The SMILES string of the molecule is COc1cccc2c1C(=O)N(CCc1nc(C)cs1)C2C#N. The molecule has 112 valence electrons. The second kappa shape index (κ2) is 5.78. The van der Waals surface area contributed by atoms with E-state index in [-0.39, 0.29) is 5.91 Å². The number of hydrogen-bond acceptors (Lipinski definition) is 5. The number of fused-ring (bicyclic) bond motifs is 1. The normalized spacial score (nSPS) is 16.5. The van der Waals surface area contributed by atoms with Gasteiger partial charge in [0.1, 0.15) is 11.8 Å². The molecule has 0 spiro atoms. The van der Waals surface area contributed by atoms with E-state index in [1.165, 1.54) is 7.11 Å². The van der Waals surface area contributed by atoms with Gasteiger partial charge in [-0.15, -0.1) is 11.3 Å². The van der Waals surface area contributed by atoms with E-state index in [1.54, 1.807) is 22.3 Å². The van der Waals surface area contributed by atoms with Crippen LogP contribution in [0.15, 0.2) is 23.6 Å². The first-order valence-corrected chi connectivity index (χ1v) is 7.82. The van der Waals surface area contributed by atoms with E-state index < -0.39 is 6.04 Å². The number of nitriles is 1. The molecule has 0 fully saturated rings. The van der Waals surface area contributed by atoms with Crippen LogP contribution in [0.4, 0.5) is 0 Å². The molecule has 1 aromatic carbocycles. The lowest BCUT2D eigenvalue weighted by Gasteiger charge is -2.19. The van der Waals surface area contributed by atoms with Crippen molar-refractivity contribution < 1.29 is 9.53 Å². The van der Waals surface area contributed by atoms with Gasteiger partial charge in [-0.05, 0) is 13.0 Å². The minimum Gasteiger partial charge on any atom is -0.496 e. The monoisotopic (exact) mass is 313 g/mol. The summed E-state index contributed by atoms with van der Waals surface area (Å²) in [4.78, 5) is 18.7. The lowest BCUT2D eigenvalue weighted by Crippen LogP contribution is -2.29. The number of rotatable bonds is 4. The van der Waals surface area contributed by atoms with E-state index in [1.807, 2.05) is 24.4 Å². The van der Waals surface area contributed by atoms with Crippen molar-refractivity contribution in [3.8, 4) is 11.8 Å². The molecule has 22 heavy (non-hydrogen) atoms. The number of aromatic nitrogens is 1. The van der Waals surface area contributed by atoms with Gasteiger partial charge in [-0.25, -0.2) is 4.98 Å². The number of amides is 1. The number of carbonyl (C=O) groups excluding carboxylic acids is 1. The van der Waals surface area contributed by atoms with Crippen LogP contribution in [0, 0.1) is 18.3 Å². The van der Waals surface area contributed by atoms with Crippen molar-refractivity contribution >= 4 is 17.2 Å². The van der Waals surface area contributed by atoms with Gasteiger partial charge in [-0.2, -0.15) is 5.26 Å². The average Bonchev–Trinajstić information content (AvgIpc) is 3.06. The fourth-order valence-corrected chi connectivity index (χ4v) is 3.47. The van der Waals surface area contributed by atoms with E-state index in [4.69, 9.17) is 4.74 Å². The van der Waals surface area contributed by atoms with E-state index in [0.29, 0.717) is 24.3 Å². The van der Waals surface area contributed by atoms with Gasteiger partial charge in [0.05, 0.1) is 23.8 Å². The zero-order valence-corrected chi connectivity index (χ0v) is 13.2. The van der Waals surface area contributed by atoms with Crippen molar-refractivity contribution in [3.63, 3.8) is 0 Å². The van der Waals surface area contributed by atoms with E-state index in [2.05, 4.69) is 11.1 Å². The van der Waals surface area contributed by atoms with Crippen molar-refractivity contribution in [2.45, 2.75) is 19.4 Å². The van der Waals surface area contributed by atoms with Gasteiger partial charge in [-0.1, -0.05) is 12.1 Å². The van der Waals surface area contributed by atoms with Crippen LogP contribution in [0.3, 0.4) is 0 Å². The Hall–Kier alpha value is -2.39.